The molecule has 1 saturated heterocycles. The zero-order valence-corrected chi connectivity index (χ0v) is 14.0. The second-order valence-electron chi connectivity index (χ2n) is 5.58. The number of nitrogens with zero attached hydrogens (tertiary/aromatic N) is 4. The number of aromatic carboxylic acids is 1. The number of piperazine rings is 1. The lowest BCUT2D eigenvalue weighted by atomic mass is 10.2. The van der Waals surface area contributed by atoms with E-state index in [9.17, 15) is 18.4 Å². The number of aromatic nitrogens is 2. The van der Waals surface area contributed by atoms with E-state index in [0.717, 1.165) is 4.88 Å². The minimum absolute atomic E-state index is 0.118. The van der Waals surface area contributed by atoms with Crippen LogP contribution in [0, 0.1) is 0 Å². The Labute approximate surface area is 146 Å². The summed E-state index contributed by atoms with van der Waals surface area (Å²) in [5.41, 5.74) is -0.118. The van der Waals surface area contributed by atoms with Crippen LogP contribution >= 0.6 is 11.3 Å². The van der Waals surface area contributed by atoms with E-state index in [-0.39, 0.29) is 5.69 Å². The Bertz CT molecular complexity index is 768. The Kier molecular flexibility index (Phi) is 5.09. The number of alkyl halides is 2. The Balaban J connectivity index is 1.57. The van der Waals surface area contributed by atoms with Gasteiger partial charge in [-0.25, -0.2) is 4.79 Å². The summed E-state index contributed by atoms with van der Waals surface area (Å²) in [5, 5.41) is 12.4. The molecule has 0 radical (unpaired) electrons. The molecule has 25 heavy (non-hydrogen) atoms. The van der Waals surface area contributed by atoms with Crippen LogP contribution in [0.25, 0.3) is 0 Å². The van der Waals surface area contributed by atoms with E-state index < -0.39 is 18.4 Å². The maximum absolute atomic E-state index is 12.8. The van der Waals surface area contributed by atoms with Gasteiger partial charge in [0.1, 0.15) is 10.6 Å². The average Bonchev–Trinajstić information content (AvgIpc) is 3.24. The van der Waals surface area contributed by atoms with Gasteiger partial charge in [0, 0.05) is 43.8 Å². The molecule has 1 aliphatic rings. The maximum Gasteiger partial charge on any atom is 0.345 e. The Morgan fingerprint density at radius 2 is 1.92 bits per heavy atom. The molecule has 7 nitrogen and oxygen atoms in total. The third-order valence-electron chi connectivity index (χ3n) is 3.99. The highest BCUT2D eigenvalue weighted by atomic mass is 32.1. The molecule has 2 aromatic rings. The molecule has 1 fully saturated rings. The summed E-state index contributed by atoms with van der Waals surface area (Å²) in [6.45, 7) is -0.217. The summed E-state index contributed by atoms with van der Waals surface area (Å²) in [6, 6.07) is 4.65. The second kappa shape index (κ2) is 7.28. The molecule has 0 aromatic carbocycles. The largest absolute Gasteiger partial charge is 0.477 e. The molecule has 0 spiro atoms. The summed E-state index contributed by atoms with van der Waals surface area (Å²) in [6.07, 6.45) is 1.19. The summed E-state index contributed by atoms with van der Waals surface area (Å²) in [7, 11) is 0. The number of hydrogen-bond acceptors (Lipinski definition) is 5. The highest BCUT2D eigenvalue weighted by Crippen LogP contribution is 2.20. The molecule has 0 aliphatic carbocycles. The predicted molar refractivity (Wildman–Crippen MR) is 85.9 cm³/mol. The molecule has 0 saturated carbocycles. The highest BCUT2D eigenvalue weighted by molar-refractivity contribution is 7.13. The summed E-state index contributed by atoms with van der Waals surface area (Å²) in [4.78, 5) is 28.2. The van der Waals surface area contributed by atoms with Crippen LogP contribution in [0.3, 0.4) is 0 Å². The monoisotopic (exact) mass is 370 g/mol. The summed E-state index contributed by atoms with van der Waals surface area (Å²) in [5.74, 6) is -1.40. The van der Waals surface area contributed by atoms with Crippen molar-refractivity contribution in [3.05, 3.63) is 39.8 Å². The summed E-state index contributed by atoms with van der Waals surface area (Å²) < 4.78 is 26.1. The van der Waals surface area contributed by atoms with Crippen molar-refractivity contribution in [1.29, 1.82) is 0 Å². The van der Waals surface area contributed by atoms with Gasteiger partial charge in [-0.3, -0.25) is 9.69 Å². The third kappa shape index (κ3) is 3.85. The minimum Gasteiger partial charge on any atom is -0.477 e. The highest BCUT2D eigenvalue weighted by Gasteiger charge is 2.26. The van der Waals surface area contributed by atoms with Crippen LogP contribution in [0.5, 0.6) is 0 Å². The molecule has 1 N–H and O–H groups in total. The van der Waals surface area contributed by atoms with Gasteiger partial charge in [0.15, 0.2) is 0 Å². The SMILES string of the molecule is O=C(O)c1ccc(CN2CCN(C(=O)c3ccnn3C(F)F)CC2)s1. The van der Waals surface area contributed by atoms with Gasteiger partial charge in [-0.05, 0) is 18.2 Å². The van der Waals surface area contributed by atoms with Gasteiger partial charge in [0.05, 0.1) is 0 Å². The molecule has 2 aromatic heterocycles. The number of carbonyl (C=O) groups excluding carboxylic acids is 1. The number of carbonyl (C=O) groups is 2. The van der Waals surface area contributed by atoms with Crippen LogP contribution in [-0.2, 0) is 6.54 Å². The van der Waals surface area contributed by atoms with E-state index >= 15 is 0 Å². The van der Waals surface area contributed by atoms with Crippen molar-refractivity contribution < 1.29 is 23.5 Å². The van der Waals surface area contributed by atoms with Crippen LogP contribution in [0.15, 0.2) is 24.4 Å². The zero-order chi connectivity index (χ0) is 18.0. The molecular weight excluding hydrogens is 354 g/mol. The maximum atomic E-state index is 12.8. The lowest BCUT2D eigenvalue weighted by molar-refractivity contribution is 0.0424. The van der Waals surface area contributed by atoms with Gasteiger partial charge in [0.25, 0.3) is 5.91 Å². The molecule has 134 valence electrons. The number of halogens is 2. The van der Waals surface area contributed by atoms with E-state index in [4.69, 9.17) is 5.11 Å². The van der Waals surface area contributed by atoms with Gasteiger partial charge in [-0.2, -0.15) is 18.6 Å². The van der Waals surface area contributed by atoms with E-state index in [1.807, 2.05) is 0 Å². The lowest BCUT2D eigenvalue weighted by Crippen LogP contribution is -2.48. The van der Waals surface area contributed by atoms with Gasteiger partial charge in [-0.15, -0.1) is 11.3 Å². The van der Waals surface area contributed by atoms with E-state index in [0.29, 0.717) is 42.3 Å². The molecule has 0 unspecified atom stereocenters. The summed E-state index contributed by atoms with van der Waals surface area (Å²) >= 11 is 1.23. The number of carboxylic acid groups (broad SMARTS) is 1. The molecule has 3 rings (SSSR count). The Hall–Kier alpha value is -2.33. The standard InChI is InChI=1S/C15H16F2N4O3S/c16-15(17)21-11(3-4-18-21)13(22)20-7-5-19(6-8-20)9-10-1-2-12(25-10)14(23)24/h1-4,15H,5-9H2,(H,23,24). The number of carboxylic acids is 1. The van der Waals surface area contributed by atoms with Gasteiger partial charge < -0.3 is 10.0 Å². The first-order valence-corrected chi connectivity index (χ1v) is 8.42. The van der Waals surface area contributed by atoms with Crippen LogP contribution in [0.2, 0.25) is 0 Å². The van der Waals surface area contributed by atoms with Crippen molar-refractivity contribution in [3.8, 4) is 0 Å². The fourth-order valence-electron chi connectivity index (χ4n) is 2.71. The normalized spacial score (nSPS) is 15.7. The van der Waals surface area contributed by atoms with Crippen LogP contribution < -0.4 is 0 Å². The number of rotatable bonds is 5. The van der Waals surface area contributed by atoms with Crippen molar-refractivity contribution in [3.63, 3.8) is 0 Å². The second-order valence-corrected chi connectivity index (χ2v) is 6.75. The molecule has 1 amide bonds. The smallest absolute Gasteiger partial charge is 0.345 e. The Morgan fingerprint density at radius 1 is 1.20 bits per heavy atom. The first-order valence-electron chi connectivity index (χ1n) is 7.61. The quantitative estimate of drug-likeness (QED) is 0.871. The lowest BCUT2D eigenvalue weighted by Gasteiger charge is -2.34. The van der Waals surface area contributed by atoms with Gasteiger partial charge in [-0.1, -0.05) is 0 Å². The van der Waals surface area contributed by atoms with Crippen molar-refractivity contribution in [1.82, 2.24) is 19.6 Å². The van der Waals surface area contributed by atoms with Crippen LogP contribution in [0.1, 0.15) is 31.6 Å². The zero-order valence-electron chi connectivity index (χ0n) is 13.1. The van der Waals surface area contributed by atoms with Gasteiger partial charge >= 0.3 is 12.5 Å². The van der Waals surface area contributed by atoms with E-state index in [2.05, 4.69) is 10.00 Å². The molecule has 3 heterocycles. The molecular formula is C15H16F2N4O3S. The average molecular weight is 370 g/mol. The first-order chi connectivity index (χ1) is 12.0. The minimum atomic E-state index is -2.85. The van der Waals surface area contributed by atoms with Gasteiger partial charge in [0.2, 0.25) is 0 Å². The first kappa shape index (κ1) is 17.5. The third-order valence-corrected chi connectivity index (χ3v) is 5.04. The van der Waals surface area contributed by atoms with Crippen molar-refractivity contribution in [2.75, 3.05) is 26.2 Å². The fraction of sp³-hybridized carbons (Fsp3) is 0.400. The van der Waals surface area contributed by atoms with Crippen LogP contribution in [-0.4, -0.2) is 62.7 Å². The topological polar surface area (TPSA) is 78.7 Å². The number of thiophene rings is 1. The predicted octanol–water partition coefficient (Wildman–Crippen LogP) is 2.00. The molecule has 1 aliphatic heterocycles. The van der Waals surface area contributed by atoms with Crippen LogP contribution in [0.4, 0.5) is 8.78 Å². The van der Waals surface area contributed by atoms with E-state index in [1.165, 1.54) is 28.5 Å². The molecule has 0 bridgehead atoms. The number of hydrogen-bond donors (Lipinski definition) is 1. The molecule has 0 atom stereocenters. The molecule has 10 heteroatoms. The van der Waals surface area contributed by atoms with Crippen molar-refractivity contribution >= 4 is 23.2 Å². The fourth-order valence-corrected chi connectivity index (χ4v) is 3.60. The Morgan fingerprint density at radius 3 is 2.52 bits per heavy atom. The van der Waals surface area contributed by atoms with E-state index in [1.54, 1.807) is 12.1 Å². The van der Waals surface area contributed by atoms with Crippen molar-refractivity contribution in [2.45, 2.75) is 13.1 Å². The number of amides is 1. The van der Waals surface area contributed by atoms with Crippen molar-refractivity contribution in [2.24, 2.45) is 0 Å².